The van der Waals surface area contributed by atoms with E-state index < -0.39 is 0 Å². The van der Waals surface area contributed by atoms with Gasteiger partial charge in [-0.2, -0.15) is 0 Å². The van der Waals surface area contributed by atoms with Crippen LogP contribution in [0, 0.1) is 0 Å². The van der Waals surface area contributed by atoms with E-state index in [1.165, 1.54) is 5.56 Å². The standard InChI is InChI=1S/C16H28N4/c1-4-11-18-16(17)19-12-10-14(2)20(3)13-15-8-6-5-7-9-15/h5-9,14H,4,10-13H2,1-3H3,(H3,17,18,19). The summed E-state index contributed by atoms with van der Waals surface area (Å²) in [6.07, 6.45) is 2.07. The third kappa shape index (κ3) is 6.57. The van der Waals surface area contributed by atoms with Crippen LogP contribution in [0.25, 0.3) is 0 Å². The summed E-state index contributed by atoms with van der Waals surface area (Å²) in [6.45, 7) is 6.96. The van der Waals surface area contributed by atoms with Crippen LogP contribution in [-0.2, 0) is 6.54 Å². The molecular weight excluding hydrogens is 248 g/mol. The fourth-order valence-electron chi connectivity index (χ4n) is 1.94. The molecule has 0 heterocycles. The molecule has 0 aliphatic heterocycles. The molecule has 0 aromatic heterocycles. The molecule has 0 aliphatic carbocycles. The first-order valence-corrected chi connectivity index (χ1v) is 7.41. The molecule has 1 rings (SSSR count). The van der Waals surface area contributed by atoms with Gasteiger partial charge < -0.3 is 11.1 Å². The van der Waals surface area contributed by atoms with E-state index in [1.807, 2.05) is 0 Å². The van der Waals surface area contributed by atoms with E-state index in [2.05, 4.69) is 66.4 Å². The Morgan fingerprint density at radius 3 is 2.70 bits per heavy atom. The van der Waals surface area contributed by atoms with Crippen molar-refractivity contribution >= 4 is 5.96 Å². The van der Waals surface area contributed by atoms with Gasteiger partial charge in [0.2, 0.25) is 0 Å². The fourth-order valence-corrected chi connectivity index (χ4v) is 1.94. The van der Waals surface area contributed by atoms with Gasteiger partial charge in [-0.15, -0.1) is 0 Å². The van der Waals surface area contributed by atoms with Gasteiger partial charge in [-0.25, -0.2) is 0 Å². The van der Waals surface area contributed by atoms with Crippen LogP contribution < -0.4 is 11.1 Å². The Bertz CT molecular complexity index is 389. The molecule has 1 atom stereocenters. The molecule has 0 saturated carbocycles. The molecule has 0 fully saturated rings. The predicted molar refractivity (Wildman–Crippen MR) is 86.8 cm³/mol. The van der Waals surface area contributed by atoms with Crippen LogP contribution in [0.2, 0.25) is 0 Å². The van der Waals surface area contributed by atoms with Crippen LogP contribution in [0.3, 0.4) is 0 Å². The van der Waals surface area contributed by atoms with Gasteiger partial charge >= 0.3 is 0 Å². The van der Waals surface area contributed by atoms with Crippen molar-refractivity contribution in [2.24, 2.45) is 10.7 Å². The first kappa shape index (κ1) is 16.5. The molecule has 1 unspecified atom stereocenters. The second kappa shape index (κ2) is 9.37. The molecule has 4 heteroatoms. The molecule has 0 bridgehead atoms. The second-order valence-electron chi connectivity index (χ2n) is 5.23. The maximum atomic E-state index is 5.77. The van der Waals surface area contributed by atoms with E-state index in [-0.39, 0.29) is 0 Å². The number of hydrogen-bond donors (Lipinski definition) is 2. The first-order chi connectivity index (χ1) is 9.63. The van der Waals surface area contributed by atoms with Crippen molar-refractivity contribution in [3.05, 3.63) is 35.9 Å². The molecule has 0 radical (unpaired) electrons. The van der Waals surface area contributed by atoms with Gasteiger partial charge in [-0.05, 0) is 32.4 Å². The zero-order valence-electron chi connectivity index (χ0n) is 13.0. The maximum absolute atomic E-state index is 5.77. The highest BCUT2D eigenvalue weighted by Gasteiger charge is 2.09. The number of guanidine groups is 1. The summed E-state index contributed by atoms with van der Waals surface area (Å²) >= 11 is 0. The predicted octanol–water partition coefficient (Wildman–Crippen LogP) is 2.21. The Morgan fingerprint density at radius 2 is 2.05 bits per heavy atom. The zero-order chi connectivity index (χ0) is 14.8. The summed E-state index contributed by atoms with van der Waals surface area (Å²) in [5, 5.41) is 3.17. The normalized spacial score (nSPS) is 13.5. The molecule has 112 valence electrons. The molecule has 4 nitrogen and oxygen atoms in total. The number of hydrogen-bond acceptors (Lipinski definition) is 2. The molecule has 0 aliphatic rings. The van der Waals surface area contributed by atoms with E-state index >= 15 is 0 Å². The van der Waals surface area contributed by atoms with Crippen LogP contribution in [-0.4, -0.2) is 37.0 Å². The molecule has 1 aromatic rings. The topological polar surface area (TPSA) is 53.6 Å². The van der Waals surface area contributed by atoms with Crippen molar-refractivity contribution in [2.75, 3.05) is 20.1 Å². The van der Waals surface area contributed by atoms with Gasteiger partial charge in [0.15, 0.2) is 5.96 Å². The molecule has 1 aromatic carbocycles. The number of nitrogens with two attached hydrogens (primary N) is 1. The van der Waals surface area contributed by atoms with Crippen molar-refractivity contribution in [2.45, 2.75) is 39.3 Å². The summed E-state index contributed by atoms with van der Waals surface area (Å²) in [5.74, 6) is 0.560. The minimum Gasteiger partial charge on any atom is -0.370 e. The van der Waals surface area contributed by atoms with Gasteiger partial charge in [0.1, 0.15) is 0 Å². The van der Waals surface area contributed by atoms with Crippen LogP contribution in [0.1, 0.15) is 32.3 Å². The first-order valence-electron chi connectivity index (χ1n) is 7.41. The van der Waals surface area contributed by atoms with E-state index in [0.717, 1.165) is 32.5 Å². The lowest BCUT2D eigenvalue weighted by atomic mass is 10.1. The zero-order valence-corrected chi connectivity index (χ0v) is 13.0. The maximum Gasteiger partial charge on any atom is 0.188 e. The Kier molecular flexibility index (Phi) is 7.73. The van der Waals surface area contributed by atoms with Gasteiger partial charge in [0.05, 0.1) is 0 Å². The Balaban J connectivity index is 2.26. The largest absolute Gasteiger partial charge is 0.370 e. The number of nitrogens with zero attached hydrogens (tertiary/aromatic N) is 2. The number of aliphatic imine (C=N–C) groups is 1. The lowest BCUT2D eigenvalue weighted by Gasteiger charge is -2.25. The van der Waals surface area contributed by atoms with Crippen LogP contribution in [0.4, 0.5) is 0 Å². The van der Waals surface area contributed by atoms with Crippen LogP contribution >= 0.6 is 0 Å². The highest BCUT2D eigenvalue weighted by molar-refractivity contribution is 5.77. The molecule has 0 spiro atoms. The quantitative estimate of drug-likeness (QED) is 0.565. The number of rotatable bonds is 8. The second-order valence-corrected chi connectivity index (χ2v) is 5.23. The number of nitrogens with one attached hydrogen (secondary N) is 1. The minimum atomic E-state index is 0.502. The fraction of sp³-hybridized carbons (Fsp3) is 0.562. The summed E-state index contributed by atoms with van der Waals surface area (Å²) in [7, 11) is 2.16. The molecular formula is C16H28N4. The molecule has 3 N–H and O–H groups in total. The monoisotopic (exact) mass is 276 g/mol. The van der Waals surface area contributed by atoms with E-state index in [4.69, 9.17) is 5.73 Å². The summed E-state index contributed by atoms with van der Waals surface area (Å²) in [5.41, 5.74) is 7.12. The summed E-state index contributed by atoms with van der Waals surface area (Å²) in [4.78, 5) is 6.58. The van der Waals surface area contributed by atoms with Crippen LogP contribution in [0.5, 0.6) is 0 Å². The Hall–Kier alpha value is -1.55. The van der Waals surface area contributed by atoms with Crippen molar-refractivity contribution < 1.29 is 0 Å². The smallest absolute Gasteiger partial charge is 0.188 e. The highest BCUT2D eigenvalue weighted by Crippen LogP contribution is 2.07. The van der Waals surface area contributed by atoms with Crippen molar-refractivity contribution in [1.29, 1.82) is 0 Å². The SMILES string of the molecule is CCCN=C(N)NCCC(C)N(C)Cc1ccccc1. The Labute approximate surface area is 123 Å². The third-order valence-corrected chi connectivity index (χ3v) is 3.40. The average Bonchev–Trinajstić information content (AvgIpc) is 2.46. The molecule has 0 saturated heterocycles. The minimum absolute atomic E-state index is 0.502. The lowest BCUT2D eigenvalue weighted by Crippen LogP contribution is -2.36. The molecule has 20 heavy (non-hydrogen) atoms. The van der Waals surface area contributed by atoms with Gasteiger partial charge in [0.25, 0.3) is 0 Å². The van der Waals surface area contributed by atoms with Crippen LogP contribution in [0.15, 0.2) is 35.3 Å². The third-order valence-electron chi connectivity index (χ3n) is 3.40. The van der Waals surface area contributed by atoms with Gasteiger partial charge in [-0.1, -0.05) is 37.3 Å². The van der Waals surface area contributed by atoms with E-state index in [1.54, 1.807) is 0 Å². The van der Waals surface area contributed by atoms with Gasteiger partial charge in [-0.3, -0.25) is 9.89 Å². The number of benzene rings is 1. The average molecular weight is 276 g/mol. The Morgan fingerprint density at radius 1 is 1.35 bits per heavy atom. The van der Waals surface area contributed by atoms with E-state index in [0.29, 0.717) is 12.0 Å². The highest BCUT2D eigenvalue weighted by atomic mass is 15.1. The summed E-state index contributed by atoms with van der Waals surface area (Å²) in [6, 6.07) is 11.0. The molecule has 0 amide bonds. The van der Waals surface area contributed by atoms with E-state index in [9.17, 15) is 0 Å². The van der Waals surface area contributed by atoms with Crippen molar-refractivity contribution in [3.8, 4) is 0 Å². The summed E-state index contributed by atoms with van der Waals surface area (Å²) < 4.78 is 0. The lowest BCUT2D eigenvalue weighted by molar-refractivity contribution is 0.239. The van der Waals surface area contributed by atoms with Crippen molar-refractivity contribution in [1.82, 2.24) is 10.2 Å². The van der Waals surface area contributed by atoms with Crippen molar-refractivity contribution in [3.63, 3.8) is 0 Å². The van der Waals surface area contributed by atoms with Gasteiger partial charge in [0, 0.05) is 25.7 Å².